The largest absolute Gasteiger partial charge is 0.119 e. The highest BCUT2D eigenvalue weighted by atomic mass is 14.4. The zero-order valence-electron chi connectivity index (χ0n) is 10.3. The Morgan fingerprint density at radius 2 is 1.75 bits per heavy atom. The summed E-state index contributed by atoms with van der Waals surface area (Å²) < 4.78 is 0. The summed E-state index contributed by atoms with van der Waals surface area (Å²) >= 11 is 0. The van der Waals surface area contributed by atoms with Crippen LogP contribution in [0.4, 0.5) is 0 Å². The van der Waals surface area contributed by atoms with Crippen LogP contribution in [0.3, 0.4) is 0 Å². The molecule has 0 N–H and O–H groups in total. The van der Waals surface area contributed by atoms with E-state index in [0.29, 0.717) is 5.41 Å². The maximum absolute atomic E-state index is 5.76. The molecule has 1 aliphatic rings. The molecule has 0 heteroatoms. The lowest BCUT2D eigenvalue weighted by molar-refractivity contribution is 0.305. The van der Waals surface area contributed by atoms with Gasteiger partial charge < -0.3 is 0 Å². The molecule has 0 bridgehead atoms. The molecule has 0 saturated heterocycles. The maximum Gasteiger partial charge on any atom is 0.0503 e. The summed E-state index contributed by atoms with van der Waals surface area (Å²) in [6.45, 7) is 4.47. The molecule has 1 aromatic rings. The van der Waals surface area contributed by atoms with Crippen molar-refractivity contribution in [3.05, 3.63) is 35.4 Å². The minimum atomic E-state index is 0.288. The first-order valence-electron chi connectivity index (χ1n) is 6.18. The van der Waals surface area contributed by atoms with Crippen molar-refractivity contribution < 1.29 is 0 Å². The van der Waals surface area contributed by atoms with E-state index in [9.17, 15) is 0 Å². The number of hydrogen-bond donors (Lipinski definition) is 0. The third-order valence-corrected chi connectivity index (χ3v) is 4.02. The van der Waals surface area contributed by atoms with Crippen LogP contribution < -0.4 is 0 Å². The third kappa shape index (κ3) is 2.00. The maximum atomic E-state index is 5.76. The molecule has 1 aromatic carbocycles. The highest BCUT2D eigenvalue weighted by Crippen LogP contribution is 2.48. The van der Waals surface area contributed by atoms with Crippen molar-refractivity contribution in [3.63, 3.8) is 0 Å². The first-order chi connectivity index (χ1) is 7.65. The van der Waals surface area contributed by atoms with Gasteiger partial charge in [0.1, 0.15) is 0 Å². The minimum absolute atomic E-state index is 0.288. The molecule has 1 fully saturated rings. The van der Waals surface area contributed by atoms with E-state index < -0.39 is 0 Å². The van der Waals surface area contributed by atoms with E-state index in [2.05, 4.69) is 44.0 Å². The lowest BCUT2D eigenvalue weighted by Crippen LogP contribution is -2.21. The molecule has 1 aliphatic carbocycles. The van der Waals surface area contributed by atoms with E-state index >= 15 is 0 Å². The monoisotopic (exact) mass is 212 g/mol. The number of benzene rings is 1. The predicted molar refractivity (Wildman–Crippen MR) is 69.3 cm³/mol. The van der Waals surface area contributed by atoms with Crippen molar-refractivity contribution >= 4 is 0 Å². The van der Waals surface area contributed by atoms with Gasteiger partial charge in [-0.15, -0.1) is 6.42 Å². The minimum Gasteiger partial charge on any atom is -0.119 e. The van der Waals surface area contributed by atoms with E-state index in [-0.39, 0.29) is 5.92 Å². The molecule has 84 valence electrons. The smallest absolute Gasteiger partial charge is 0.0503 e. The van der Waals surface area contributed by atoms with E-state index in [1.807, 2.05) is 0 Å². The van der Waals surface area contributed by atoms with Gasteiger partial charge in [-0.1, -0.05) is 55.5 Å². The summed E-state index contributed by atoms with van der Waals surface area (Å²) in [5.74, 6) is 3.31. The Balaban J connectivity index is 2.29. The number of aryl methyl sites for hydroxylation is 1. The molecule has 1 atom stereocenters. The van der Waals surface area contributed by atoms with Crippen molar-refractivity contribution in [3.8, 4) is 12.3 Å². The van der Waals surface area contributed by atoms with Gasteiger partial charge >= 0.3 is 0 Å². The molecular formula is C16H20. The van der Waals surface area contributed by atoms with Gasteiger partial charge in [0.25, 0.3) is 0 Å². The van der Waals surface area contributed by atoms with E-state index in [4.69, 9.17) is 6.42 Å². The zero-order chi connectivity index (χ0) is 11.6. The Morgan fingerprint density at radius 1 is 1.19 bits per heavy atom. The highest BCUT2D eigenvalue weighted by molar-refractivity contribution is 5.32. The molecule has 0 amide bonds. The van der Waals surface area contributed by atoms with Crippen LogP contribution in [-0.2, 0) is 0 Å². The van der Waals surface area contributed by atoms with Gasteiger partial charge in [-0.05, 0) is 30.7 Å². The topological polar surface area (TPSA) is 0 Å². The Bertz CT molecular complexity index is 385. The summed E-state index contributed by atoms with van der Waals surface area (Å²) in [7, 11) is 0. The van der Waals surface area contributed by atoms with E-state index in [0.717, 1.165) is 0 Å². The molecule has 1 unspecified atom stereocenters. The van der Waals surface area contributed by atoms with Gasteiger partial charge in [0.2, 0.25) is 0 Å². The standard InChI is InChI=1S/C16H20/c1-4-15(16(3)11-5-6-12-16)14-9-7-13(2)8-10-14/h1,7-10,15H,5-6,11-12H2,2-3H3. The van der Waals surface area contributed by atoms with Crippen LogP contribution in [0.15, 0.2) is 24.3 Å². The van der Waals surface area contributed by atoms with Crippen LogP contribution in [0.5, 0.6) is 0 Å². The lowest BCUT2D eigenvalue weighted by Gasteiger charge is -2.30. The van der Waals surface area contributed by atoms with Crippen molar-refractivity contribution in [2.24, 2.45) is 5.41 Å². The predicted octanol–water partition coefficient (Wildman–Crippen LogP) is 4.29. The van der Waals surface area contributed by atoms with Crippen LogP contribution in [0.25, 0.3) is 0 Å². The molecule has 1 saturated carbocycles. The highest BCUT2D eigenvalue weighted by Gasteiger charge is 2.36. The normalized spacial score (nSPS) is 20.3. The van der Waals surface area contributed by atoms with E-state index in [1.54, 1.807) is 0 Å². The average Bonchev–Trinajstić information content (AvgIpc) is 2.70. The summed E-state index contributed by atoms with van der Waals surface area (Å²) in [6, 6.07) is 8.73. The number of hydrogen-bond acceptors (Lipinski definition) is 0. The third-order valence-electron chi connectivity index (χ3n) is 4.02. The van der Waals surface area contributed by atoms with Crippen LogP contribution in [0.2, 0.25) is 0 Å². The van der Waals surface area contributed by atoms with Gasteiger partial charge in [0.05, 0.1) is 5.92 Å². The molecule has 0 spiro atoms. The molecule has 0 heterocycles. The quantitative estimate of drug-likeness (QED) is 0.641. The van der Waals surface area contributed by atoms with Crippen LogP contribution in [0.1, 0.15) is 49.7 Å². The molecule has 0 aliphatic heterocycles. The number of rotatable bonds is 2. The van der Waals surface area contributed by atoms with Crippen LogP contribution in [0, 0.1) is 24.7 Å². The van der Waals surface area contributed by atoms with Gasteiger partial charge in [0.15, 0.2) is 0 Å². The second-order valence-electron chi connectivity index (χ2n) is 5.37. The van der Waals surface area contributed by atoms with Crippen molar-refractivity contribution in [1.82, 2.24) is 0 Å². The summed E-state index contributed by atoms with van der Waals surface area (Å²) in [5, 5.41) is 0. The first-order valence-corrected chi connectivity index (χ1v) is 6.18. The Morgan fingerprint density at radius 3 is 2.25 bits per heavy atom. The summed E-state index contributed by atoms with van der Waals surface area (Å²) in [6.07, 6.45) is 11.0. The molecule has 16 heavy (non-hydrogen) atoms. The molecule has 0 nitrogen and oxygen atoms in total. The fourth-order valence-electron chi connectivity index (χ4n) is 2.93. The SMILES string of the molecule is C#CC(c1ccc(C)cc1)C1(C)CCCC1. The Labute approximate surface area is 99.1 Å². The van der Waals surface area contributed by atoms with Crippen LogP contribution in [-0.4, -0.2) is 0 Å². The lowest BCUT2D eigenvalue weighted by atomic mass is 9.72. The fraction of sp³-hybridized carbons (Fsp3) is 0.500. The molecule has 0 aromatic heterocycles. The van der Waals surface area contributed by atoms with Gasteiger partial charge in [-0.2, -0.15) is 0 Å². The Kier molecular flexibility index (Phi) is 3.06. The molecule has 0 radical (unpaired) electrons. The Hall–Kier alpha value is -1.22. The van der Waals surface area contributed by atoms with Crippen LogP contribution >= 0.6 is 0 Å². The van der Waals surface area contributed by atoms with Crippen molar-refractivity contribution in [2.75, 3.05) is 0 Å². The summed E-state index contributed by atoms with van der Waals surface area (Å²) in [5.41, 5.74) is 2.94. The molecule has 2 rings (SSSR count). The van der Waals surface area contributed by atoms with Gasteiger partial charge in [-0.25, -0.2) is 0 Å². The van der Waals surface area contributed by atoms with Crippen molar-refractivity contribution in [2.45, 2.75) is 45.4 Å². The average molecular weight is 212 g/mol. The first kappa shape index (κ1) is 11.3. The summed E-state index contributed by atoms with van der Waals surface area (Å²) in [4.78, 5) is 0. The van der Waals surface area contributed by atoms with Crippen molar-refractivity contribution in [1.29, 1.82) is 0 Å². The molecular weight excluding hydrogens is 192 g/mol. The fourth-order valence-corrected chi connectivity index (χ4v) is 2.93. The number of terminal acetylenes is 1. The van der Waals surface area contributed by atoms with Gasteiger partial charge in [0, 0.05) is 0 Å². The van der Waals surface area contributed by atoms with E-state index in [1.165, 1.54) is 36.8 Å². The van der Waals surface area contributed by atoms with Gasteiger partial charge in [-0.3, -0.25) is 0 Å². The second kappa shape index (κ2) is 4.34. The zero-order valence-corrected chi connectivity index (χ0v) is 10.3. The second-order valence-corrected chi connectivity index (χ2v) is 5.37.